The summed E-state index contributed by atoms with van der Waals surface area (Å²) in [7, 11) is 1.88. The van der Waals surface area contributed by atoms with Gasteiger partial charge in [-0.1, -0.05) is 0 Å². The molecule has 0 bridgehead atoms. The van der Waals surface area contributed by atoms with Crippen molar-refractivity contribution in [3.8, 4) is 0 Å². The van der Waals surface area contributed by atoms with E-state index in [1.54, 1.807) is 6.20 Å². The van der Waals surface area contributed by atoms with Crippen LogP contribution in [0.5, 0.6) is 0 Å². The van der Waals surface area contributed by atoms with Crippen molar-refractivity contribution in [1.29, 1.82) is 0 Å². The predicted molar refractivity (Wildman–Crippen MR) is 70.3 cm³/mol. The van der Waals surface area contributed by atoms with Crippen molar-refractivity contribution in [2.45, 2.75) is 38.6 Å². The summed E-state index contributed by atoms with van der Waals surface area (Å²) in [6.07, 6.45) is 6.17. The molecule has 0 radical (unpaired) electrons. The van der Waals surface area contributed by atoms with Crippen LogP contribution in [0.3, 0.4) is 0 Å². The molecule has 0 unspecified atom stereocenters. The van der Waals surface area contributed by atoms with E-state index in [-0.39, 0.29) is 0 Å². The third kappa shape index (κ3) is 2.94. The third-order valence-corrected chi connectivity index (χ3v) is 3.51. The summed E-state index contributed by atoms with van der Waals surface area (Å²) in [6, 6.07) is 0.623. The van der Waals surface area contributed by atoms with Crippen LogP contribution < -0.4 is 5.32 Å². The summed E-state index contributed by atoms with van der Waals surface area (Å²) in [5, 5.41) is 3.05. The minimum Gasteiger partial charge on any atom is -0.372 e. The zero-order valence-corrected chi connectivity index (χ0v) is 11.0. The van der Waals surface area contributed by atoms with Crippen molar-refractivity contribution in [2.24, 2.45) is 0 Å². The molecule has 1 fully saturated rings. The van der Waals surface area contributed by atoms with E-state index < -0.39 is 0 Å². The van der Waals surface area contributed by atoms with Gasteiger partial charge in [0.05, 0.1) is 11.9 Å². The van der Waals surface area contributed by atoms with Crippen molar-refractivity contribution >= 4 is 5.82 Å². The molecule has 0 aliphatic carbocycles. The fraction of sp³-hybridized carbons (Fsp3) is 0.692. The first-order valence-electron chi connectivity index (χ1n) is 6.44. The van der Waals surface area contributed by atoms with Crippen LogP contribution in [0.25, 0.3) is 0 Å². The van der Waals surface area contributed by atoms with Crippen molar-refractivity contribution in [2.75, 3.05) is 25.5 Å². The highest BCUT2D eigenvalue weighted by Gasteiger charge is 2.24. The van der Waals surface area contributed by atoms with Crippen LogP contribution >= 0.6 is 0 Å². The molecule has 0 saturated carbocycles. The standard InChI is InChI=1S/C13H22N4/c1-10(2)17-6-4-5-11(9-17)12-7-15-8-13(14-3)16-12/h7-8,10-11H,4-6,9H2,1-3H3,(H,14,16)/t11-/m0/s1. The molecule has 1 aliphatic heterocycles. The molecule has 4 heteroatoms. The first-order chi connectivity index (χ1) is 8.20. The van der Waals surface area contributed by atoms with Gasteiger partial charge in [-0.05, 0) is 33.2 Å². The topological polar surface area (TPSA) is 41.1 Å². The van der Waals surface area contributed by atoms with Gasteiger partial charge in [-0.15, -0.1) is 0 Å². The molecular weight excluding hydrogens is 212 g/mol. The monoisotopic (exact) mass is 234 g/mol. The average Bonchev–Trinajstić information content (AvgIpc) is 2.39. The zero-order chi connectivity index (χ0) is 12.3. The van der Waals surface area contributed by atoms with Gasteiger partial charge in [0, 0.05) is 31.7 Å². The molecule has 1 saturated heterocycles. The number of aromatic nitrogens is 2. The number of rotatable bonds is 3. The van der Waals surface area contributed by atoms with E-state index in [0.29, 0.717) is 12.0 Å². The van der Waals surface area contributed by atoms with E-state index in [0.717, 1.165) is 18.1 Å². The molecular formula is C13H22N4. The Morgan fingerprint density at radius 1 is 1.41 bits per heavy atom. The van der Waals surface area contributed by atoms with Crippen LogP contribution in [-0.2, 0) is 0 Å². The molecule has 1 atom stereocenters. The molecule has 1 aromatic heterocycles. The highest BCUT2D eigenvalue weighted by atomic mass is 15.2. The predicted octanol–water partition coefficient (Wildman–Crippen LogP) is 2.11. The zero-order valence-electron chi connectivity index (χ0n) is 11.0. The van der Waals surface area contributed by atoms with E-state index in [1.807, 2.05) is 13.2 Å². The number of nitrogens with zero attached hydrogens (tertiary/aromatic N) is 3. The van der Waals surface area contributed by atoms with Crippen LogP contribution in [0.15, 0.2) is 12.4 Å². The van der Waals surface area contributed by atoms with Gasteiger partial charge in [-0.2, -0.15) is 0 Å². The fourth-order valence-corrected chi connectivity index (χ4v) is 2.42. The Morgan fingerprint density at radius 3 is 2.94 bits per heavy atom. The van der Waals surface area contributed by atoms with Gasteiger partial charge in [0.15, 0.2) is 0 Å². The second-order valence-corrected chi connectivity index (χ2v) is 5.01. The minimum atomic E-state index is 0.534. The van der Waals surface area contributed by atoms with Gasteiger partial charge < -0.3 is 10.2 Å². The molecule has 2 heterocycles. The Balaban J connectivity index is 2.10. The largest absolute Gasteiger partial charge is 0.372 e. The Hall–Kier alpha value is -1.16. The van der Waals surface area contributed by atoms with Crippen molar-refractivity contribution in [1.82, 2.24) is 14.9 Å². The van der Waals surface area contributed by atoms with Crippen LogP contribution in [-0.4, -0.2) is 41.0 Å². The van der Waals surface area contributed by atoms with Crippen LogP contribution in [0.1, 0.15) is 38.3 Å². The van der Waals surface area contributed by atoms with E-state index in [1.165, 1.54) is 19.4 Å². The highest BCUT2D eigenvalue weighted by molar-refractivity contribution is 5.31. The Morgan fingerprint density at radius 2 is 2.24 bits per heavy atom. The van der Waals surface area contributed by atoms with Gasteiger partial charge in [0.1, 0.15) is 5.82 Å². The Kier molecular flexibility index (Phi) is 3.94. The number of piperidine rings is 1. The van der Waals surface area contributed by atoms with Gasteiger partial charge in [0.25, 0.3) is 0 Å². The number of hydrogen-bond acceptors (Lipinski definition) is 4. The smallest absolute Gasteiger partial charge is 0.144 e. The molecule has 17 heavy (non-hydrogen) atoms. The number of hydrogen-bond donors (Lipinski definition) is 1. The molecule has 94 valence electrons. The SMILES string of the molecule is CNc1cncc([C@H]2CCCN(C(C)C)C2)n1. The molecule has 2 rings (SSSR count). The minimum absolute atomic E-state index is 0.534. The van der Waals surface area contributed by atoms with E-state index in [4.69, 9.17) is 0 Å². The first kappa shape index (κ1) is 12.3. The highest BCUT2D eigenvalue weighted by Crippen LogP contribution is 2.26. The van der Waals surface area contributed by atoms with Gasteiger partial charge in [0.2, 0.25) is 0 Å². The lowest BCUT2D eigenvalue weighted by Gasteiger charge is -2.35. The molecule has 1 aliphatic rings. The number of nitrogens with one attached hydrogen (secondary N) is 1. The lowest BCUT2D eigenvalue weighted by Crippen LogP contribution is -2.39. The first-order valence-corrected chi connectivity index (χ1v) is 6.44. The second kappa shape index (κ2) is 5.45. The molecule has 4 nitrogen and oxygen atoms in total. The van der Waals surface area contributed by atoms with Crippen LogP contribution in [0, 0.1) is 0 Å². The number of likely N-dealkylation sites (tertiary alicyclic amines) is 1. The maximum Gasteiger partial charge on any atom is 0.144 e. The molecule has 1 aromatic rings. The van der Waals surface area contributed by atoms with E-state index in [9.17, 15) is 0 Å². The van der Waals surface area contributed by atoms with Crippen molar-refractivity contribution in [3.05, 3.63) is 18.1 Å². The summed E-state index contributed by atoms with van der Waals surface area (Å²) < 4.78 is 0. The molecule has 0 amide bonds. The summed E-state index contributed by atoms with van der Waals surface area (Å²) in [4.78, 5) is 11.4. The van der Waals surface area contributed by atoms with Crippen LogP contribution in [0.2, 0.25) is 0 Å². The van der Waals surface area contributed by atoms with Crippen molar-refractivity contribution < 1.29 is 0 Å². The van der Waals surface area contributed by atoms with Gasteiger partial charge >= 0.3 is 0 Å². The summed E-state index contributed by atoms with van der Waals surface area (Å²) in [6.45, 7) is 6.85. The maximum atomic E-state index is 4.61. The molecule has 1 N–H and O–H groups in total. The summed E-state index contributed by atoms with van der Waals surface area (Å²) in [5.41, 5.74) is 1.13. The molecule has 0 spiro atoms. The number of anilines is 1. The third-order valence-electron chi connectivity index (χ3n) is 3.51. The van der Waals surface area contributed by atoms with E-state index in [2.05, 4.69) is 34.0 Å². The van der Waals surface area contributed by atoms with Crippen molar-refractivity contribution in [3.63, 3.8) is 0 Å². The maximum absolute atomic E-state index is 4.61. The lowest BCUT2D eigenvalue weighted by atomic mass is 9.94. The normalized spacial score (nSPS) is 21.8. The van der Waals surface area contributed by atoms with Gasteiger partial charge in [-0.25, -0.2) is 4.98 Å². The Bertz CT molecular complexity index is 364. The fourth-order valence-electron chi connectivity index (χ4n) is 2.42. The van der Waals surface area contributed by atoms with Crippen LogP contribution in [0.4, 0.5) is 5.82 Å². The Labute approximate surface area is 103 Å². The summed E-state index contributed by atoms with van der Waals surface area (Å²) >= 11 is 0. The summed E-state index contributed by atoms with van der Waals surface area (Å²) in [5.74, 6) is 1.40. The lowest BCUT2D eigenvalue weighted by molar-refractivity contribution is 0.166. The second-order valence-electron chi connectivity index (χ2n) is 5.01. The van der Waals surface area contributed by atoms with Gasteiger partial charge in [-0.3, -0.25) is 4.98 Å². The quantitative estimate of drug-likeness (QED) is 0.869. The molecule has 0 aromatic carbocycles. The van der Waals surface area contributed by atoms with E-state index >= 15 is 0 Å². The average molecular weight is 234 g/mol.